The smallest absolute Gasteiger partial charge is 0.392 e. The van der Waals surface area contributed by atoms with Gasteiger partial charge in [0.15, 0.2) is 5.69 Å². The molecule has 0 bridgehead atoms. The van der Waals surface area contributed by atoms with E-state index < -0.39 is 18.0 Å². The zero-order chi connectivity index (χ0) is 21.4. The predicted octanol–water partition coefficient (Wildman–Crippen LogP) is 2.80. The summed E-state index contributed by atoms with van der Waals surface area (Å²) in [7, 11) is 0. The Morgan fingerprint density at radius 1 is 1.45 bits per heavy atom. The van der Waals surface area contributed by atoms with Crippen LogP contribution in [-0.4, -0.2) is 43.5 Å². The summed E-state index contributed by atoms with van der Waals surface area (Å²) in [5, 5.41) is 28.8. The molecule has 0 saturated heterocycles. The number of aromatic nitrogens is 4. The van der Waals surface area contributed by atoms with Crippen LogP contribution in [0.5, 0.6) is 0 Å². The van der Waals surface area contributed by atoms with Crippen LogP contribution < -0.4 is 10.6 Å². The van der Waals surface area contributed by atoms with Crippen LogP contribution in [0.15, 0.2) is 12.3 Å². The van der Waals surface area contributed by atoms with Crippen LogP contribution in [0.1, 0.15) is 38.6 Å². The van der Waals surface area contributed by atoms with Gasteiger partial charge >= 0.3 is 6.18 Å². The van der Waals surface area contributed by atoms with Gasteiger partial charge in [0, 0.05) is 25.1 Å². The highest BCUT2D eigenvalue weighted by Gasteiger charge is 2.47. The number of anilines is 2. The van der Waals surface area contributed by atoms with Gasteiger partial charge < -0.3 is 15.7 Å². The van der Waals surface area contributed by atoms with Crippen molar-refractivity contribution in [1.82, 2.24) is 19.7 Å². The number of halogens is 3. The van der Waals surface area contributed by atoms with Crippen molar-refractivity contribution in [2.24, 2.45) is 5.41 Å². The molecule has 11 heteroatoms. The third kappa shape index (κ3) is 4.27. The van der Waals surface area contributed by atoms with Gasteiger partial charge in [-0.2, -0.15) is 28.5 Å². The van der Waals surface area contributed by atoms with E-state index in [-0.39, 0.29) is 37.5 Å². The maximum Gasteiger partial charge on any atom is 0.435 e. The number of hydrogen-bond donors (Lipinski definition) is 3. The lowest BCUT2D eigenvalue weighted by Gasteiger charge is -2.49. The number of nitriles is 1. The van der Waals surface area contributed by atoms with Crippen molar-refractivity contribution in [3.63, 3.8) is 0 Å². The van der Waals surface area contributed by atoms with Crippen molar-refractivity contribution in [3.05, 3.63) is 29.2 Å². The second-order valence-corrected chi connectivity index (χ2v) is 7.66. The van der Waals surface area contributed by atoms with E-state index in [4.69, 9.17) is 0 Å². The Bertz CT molecular complexity index is 939. The Labute approximate surface area is 167 Å². The number of nitrogens with one attached hydrogen (secondary N) is 2. The Balaban J connectivity index is 0.00000320. The summed E-state index contributed by atoms with van der Waals surface area (Å²) in [6, 6.07) is 2.98. The van der Waals surface area contributed by atoms with Gasteiger partial charge in [-0.05, 0) is 19.4 Å². The molecular formula is C18H24F3N7O. The molecule has 0 amide bonds. The summed E-state index contributed by atoms with van der Waals surface area (Å²) in [5.41, 5.74) is -0.612. The third-order valence-corrected chi connectivity index (χ3v) is 5.31. The molecule has 2 atom stereocenters. The summed E-state index contributed by atoms with van der Waals surface area (Å²) in [6.45, 7) is 5.84. The number of aryl methyl sites for hydroxylation is 1. The Morgan fingerprint density at radius 3 is 2.72 bits per heavy atom. The van der Waals surface area contributed by atoms with Crippen LogP contribution in [0.25, 0.3) is 0 Å². The molecule has 29 heavy (non-hydrogen) atoms. The van der Waals surface area contributed by atoms with Gasteiger partial charge in [-0.1, -0.05) is 13.8 Å². The molecule has 0 spiro atoms. The quantitative estimate of drug-likeness (QED) is 0.670. The van der Waals surface area contributed by atoms with Crippen LogP contribution in [0.4, 0.5) is 24.9 Å². The normalized spacial score (nSPS) is 20.6. The average molecular weight is 411 g/mol. The highest BCUT2D eigenvalue weighted by molar-refractivity contribution is 5.54. The third-order valence-electron chi connectivity index (χ3n) is 5.31. The van der Waals surface area contributed by atoms with E-state index in [9.17, 15) is 23.5 Å². The van der Waals surface area contributed by atoms with Crippen molar-refractivity contribution in [2.45, 2.75) is 52.1 Å². The zero-order valence-corrected chi connectivity index (χ0v) is 16.2. The molecule has 2 aromatic heterocycles. The molecule has 2 heterocycles. The number of rotatable bonds is 6. The molecule has 1 fully saturated rings. The molecule has 3 rings (SSSR count). The Morgan fingerprint density at radius 2 is 2.17 bits per heavy atom. The van der Waals surface area contributed by atoms with Crippen LogP contribution in [0.3, 0.4) is 0 Å². The molecule has 0 aliphatic heterocycles. The first-order chi connectivity index (χ1) is 13.5. The second kappa shape index (κ2) is 7.51. The number of alkyl halides is 3. The first-order valence-corrected chi connectivity index (χ1v) is 9.09. The van der Waals surface area contributed by atoms with Gasteiger partial charge in [0.2, 0.25) is 5.95 Å². The SMILES string of the molecule is Cc1cc(C(F)(F)F)nn1CCNc1ncc(C#N)c(N[C@@H]2C[C@H](O)C2(C)C)n1.[HH]. The molecule has 3 N–H and O–H groups in total. The van der Waals surface area contributed by atoms with Crippen LogP contribution in [-0.2, 0) is 12.7 Å². The minimum Gasteiger partial charge on any atom is -0.392 e. The van der Waals surface area contributed by atoms with E-state index in [0.717, 1.165) is 6.07 Å². The monoisotopic (exact) mass is 411 g/mol. The Hall–Kier alpha value is -2.87. The first-order valence-electron chi connectivity index (χ1n) is 9.09. The predicted molar refractivity (Wildman–Crippen MR) is 101 cm³/mol. The lowest BCUT2D eigenvalue weighted by Crippen LogP contribution is -2.57. The summed E-state index contributed by atoms with van der Waals surface area (Å²) >= 11 is 0. The first kappa shape index (κ1) is 20.9. The van der Waals surface area contributed by atoms with Crippen LogP contribution in [0, 0.1) is 23.7 Å². The highest BCUT2D eigenvalue weighted by Crippen LogP contribution is 2.42. The number of aliphatic hydroxyl groups is 1. The average Bonchev–Trinajstić information content (AvgIpc) is 3.03. The van der Waals surface area contributed by atoms with E-state index in [2.05, 4.69) is 25.7 Å². The van der Waals surface area contributed by atoms with Gasteiger partial charge in [0.05, 0.1) is 18.8 Å². The standard InChI is InChI=1S/C18H22F3N7O.H2/c1-10-6-13(18(19,20)21)27-28(10)5-4-23-16-24-9-11(8-22)15(26-16)25-12-7-14(29)17(12,2)3;/h6,9,12,14,29H,4-5,7H2,1-3H3,(H2,23,24,25,26);1H/t12-,14+;/m1./s1. The van der Waals surface area contributed by atoms with Gasteiger partial charge in [-0.15, -0.1) is 0 Å². The number of nitrogens with zero attached hydrogens (tertiary/aromatic N) is 5. The maximum atomic E-state index is 12.7. The van der Waals surface area contributed by atoms with Crippen molar-refractivity contribution in [3.8, 4) is 6.07 Å². The maximum absolute atomic E-state index is 12.7. The van der Waals surface area contributed by atoms with E-state index in [1.165, 1.54) is 10.9 Å². The zero-order valence-electron chi connectivity index (χ0n) is 16.2. The molecule has 0 aromatic carbocycles. The summed E-state index contributed by atoms with van der Waals surface area (Å²) in [4.78, 5) is 8.37. The lowest BCUT2D eigenvalue weighted by atomic mass is 9.64. The fourth-order valence-electron chi connectivity index (χ4n) is 3.12. The van der Waals surface area contributed by atoms with E-state index >= 15 is 0 Å². The molecule has 1 aliphatic rings. The van der Waals surface area contributed by atoms with E-state index in [1.54, 1.807) is 6.92 Å². The van der Waals surface area contributed by atoms with E-state index in [0.29, 0.717) is 17.9 Å². The highest BCUT2D eigenvalue weighted by atomic mass is 19.4. The summed E-state index contributed by atoms with van der Waals surface area (Å²) in [5.74, 6) is 0.592. The number of aliphatic hydroxyl groups excluding tert-OH is 1. The summed E-state index contributed by atoms with van der Waals surface area (Å²) in [6.07, 6.45) is -2.99. The molecule has 1 aliphatic carbocycles. The van der Waals surface area contributed by atoms with Gasteiger partial charge in [0.25, 0.3) is 0 Å². The van der Waals surface area contributed by atoms with Crippen molar-refractivity contribution in [1.29, 1.82) is 5.26 Å². The fourth-order valence-corrected chi connectivity index (χ4v) is 3.12. The molecular weight excluding hydrogens is 387 g/mol. The largest absolute Gasteiger partial charge is 0.435 e. The molecule has 0 radical (unpaired) electrons. The van der Waals surface area contributed by atoms with Crippen molar-refractivity contribution >= 4 is 11.8 Å². The molecule has 158 valence electrons. The van der Waals surface area contributed by atoms with Gasteiger partial charge in [-0.25, -0.2) is 4.98 Å². The van der Waals surface area contributed by atoms with Crippen LogP contribution >= 0.6 is 0 Å². The minimum atomic E-state index is -4.48. The second-order valence-electron chi connectivity index (χ2n) is 7.66. The summed E-state index contributed by atoms with van der Waals surface area (Å²) < 4.78 is 39.5. The number of hydrogen-bond acceptors (Lipinski definition) is 7. The topological polar surface area (TPSA) is 112 Å². The van der Waals surface area contributed by atoms with Crippen LogP contribution in [0.2, 0.25) is 0 Å². The van der Waals surface area contributed by atoms with Gasteiger partial charge in [0.1, 0.15) is 17.5 Å². The lowest BCUT2D eigenvalue weighted by molar-refractivity contribution is -0.141. The fraction of sp³-hybridized carbons (Fsp3) is 0.556. The minimum absolute atomic E-state index is 0. The van der Waals surface area contributed by atoms with Gasteiger partial charge in [-0.3, -0.25) is 4.68 Å². The Kier molecular flexibility index (Phi) is 5.40. The van der Waals surface area contributed by atoms with Crippen molar-refractivity contribution < 1.29 is 19.7 Å². The molecule has 8 nitrogen and oxygen atoms in total. The molecule has 1 saturated carbocycles. The molecule has 2 aromatic rings. The van der Waals surface area contributed by atoms with E-state index in [1.807, 2.05) is 19.9 Å². The van der Waals surface area contributed by atoms with Crippen molar-refractivity contribution in [2.75, 3.05) is 17.2 Å². The molecule has 0 unspecified atom stereocenters.